The maximum atomic E-state index is 12.4. The first-order chi connectivity index (χ1) is 13.9. The normalized spacial score (nSPS) is 11.7. The number of carbonyl (C=O) groups excluding carboxylic acids is 2. The number of carbonyl (C=O) groups is 2. The van der Waals surface area contributed by atoms with Crippen molar-refractivity contribution in [1.82, 2.24) is 4.98 Å². The van der Waals surface area contributed by atoms with Crippen molar-refractivity contribution in [2.45, 2.75) is 40.2 Å². The number of amides is 1. The second-order valence-corrected chi connectivity index (χ2v) is 7.80. The van der Waals surface area contributed by atoms with Crippen molar-refractivity contribution in [3.05, 3.63) is 70.2 Å². The number of nitrogens with one attached hydrogen (secondary N) is 1. The van der Waals surface area contributed by atoms with Crippen LogP contribution < -0.4 is 5.32 Å². The highest BCUT2D eigenvalue weighted by Gasteiger charge is 2.21. The average molecular weight is 409 g/mol. The summed E-state index contributed by atoms with van der Waals surface area (Å²) in [6, 6.07) is 13.8. The second kappa shape index (κ2) is 9.01. The third-order valence-corrected chi connectivity index (χ3v) is 5.51. The van der Waals surface area contributed by atoms with Crippen LogP contribution in [0.25, 0.3) is 10.6 Å². The molecule has 6 heteroatoms. The third kappa shape index (κ3) is 5.09. The van der Waals surface area contributed by atoms with Gasteiger partial charge in [-0.05, 0) is 44.4 Å². The number of benzene rings is 2. The molecule has 3 aromatic rings. The molecule has 0 aliphatic carbocycles. The van der Waals surface area contributed by atoms with Crippen molar-refractivity contribution in [1.29, 1.82) is 0 Å². The molecule has 1 N–H and O–H groups in total. The van der Waals surface area contributed by atoms with E-state index in [1.54, 1.807) is 12.3 Å². The fourth-order valence-corrected chi connectivity index (χ4v) is 3.64. The van der Waals surface area contributed by atoms with Crippen LogP contribution in [0.1, 0.15) is 41.0 Å². The first-order valence-corrected chi connectivity index (χ1v) is 10.4. The lowest BCUT2D eigenvalue weighted by Crippen LogP contribution is -2.30. The van der Waals surface area contributed by atoms with Crippen LogP contribution in [0, 0.1) is 13.8 Å². The molecule has 5 nitrogen and oxygen atoms in total. The molecule has 150 valence electrons. The summed E-state index contributed by atoms with van der Waals surface area (Å²) in [6.45, 7) is 7.56. The lowest BCUT2D eigenvalue weighted by atomic mass is 10.1. The molecule has 1 aromatic heterocycles. The number of nitrogens with zero attached hydrogens (tertiary/aromatic N) is 1. The molecule has 3 rings (SSSR count). The zero-order valence-corrected chi connectivity index (χ0v) is 17.8. The first kappa shape index (κ1) is 20.7. The Kier molecular flexibility index (Phi) is 6.44. The number of aryl methyl sites for hydroxylation is 3. The largest absolute Gasteiger partial charge is 0.448 e. The maximum absolute atomic E-state index is 12.4. The van der Waals surface area contributed by atoms with Crippen molar-refractivity contribution < 1.29 is 14.3 Å². The fourth-order valence-electron chi connectivity index (χ4n) is 2.85. The number of hydrogen-bond acceptors (Lipinski definition) is 5. The third-order valence-electron chi connectivity index (χ3n) is 4.62. The Bertz CT molecular complexity index is 1020. The Morgan fingerprint density at radius 3 is 2.52 bits per heavy atom. The number of hydrogen-bond donors (Lipinski definition) is 1. The van der Waals surface area contributed by atoms with Gasteiger partial charge in [0.25, 0.3) is 5.91 Å². The lowest BCUT2D eigenvalue weighted by Gasteiger charge is -2.14. The average Bonchev–Trinajstić information content (AvgIpc) is 3.20. The molecule has 0 spiro atoms. The summed E-state index contributed by atoms with van der Waals surface area (Å²) in [6.07, 6.45) is 0.0369. The topological polar surface area (TPSA) is 68.3 Å². The number of esters is 1. The van der Waals surface area contributed by atoms with E-state index < -0.39 is 12.1 Å². The summed E-state index contributed by atoms with van der Waals surface area (Å²) < 4.78 is 5.31. The standard InChI is InChI=1S/C23H24N2O3S/c1-5-17-7-9-18(10-8-17)22-25-20(13-29-22)23(27)28-16(4)21(26)24-19-11-6-14(2)12-15(19)3/h6-13,16H,5H2,1-4H3,(H,24,26)/t16-/m1/s1. The molecule has 0 bridgehead atoms. The van der Waals surface area contributed by atoms with Crippen LogP contribution in [0.15, 0.2) is 47.8 Å². The summed E-state index contributed by atoms with van der Waals surface area (Å²) >= 11 is 1.37. The Morgan fingerprint density at radius 1 is 1.14 bits per heavy atom. The van der Waals surface area contributed by atoms with Crippen LogP contribution in [0.2, 0.25) is 0 Å². The monoisotopic (exact) mass is 408 g/mol. The van der Waals surface area contributed by atoms with E-state index >= 15 is 0 Å². The Hall–Kier alpha value is -2.99. The van der Waals surface area contributed by atoms with Crippen molar-refractivity contribution >= 4 is 28.9 Å². The lowest BCUT2D eigenvalue weighted by molar-refractivity contribution is -0.123. The molecule has 0 aliphatic rings. The summed E-state index contributed by atoms with van der Waals surface area (Å²) in [5.74, 6) is -0.989. The minimum atomic E-state index is -0.933. The van der Waals surface area contributed by atoms with E-state index in [-0.39, 0.29) is 11.6 Å². The van der Waals surface area contributed by atoms with Crippen molar-refractivity contribution in [2.24, 2.45) is 0 Å². The Balaban J connectivity index is 1.63. The van der Waals surface area contributed by atoms with Crippen LogP contribution in [-0.2, 0) is 16.0 Å². The smallest absolute Gasteiger partial charge is 0.358 e. The SMILES string of the molecule is CCc1ccc(-c2nc(C(=O)O[C@H](C)C(=O)Nc3ccc(C)cc3C)cs2)cc1. The van der Waals surface area contributed by atoms with Gasteiger partial charge >= 0.3 is 5.97 Å². The highest BCUT2D eigenvalue weighted by molar-refractivity contribution is 7.13. The zero-order chi connectivity index (χ0) is 21.0. The van der Waals surface area contributed by atoms with Gasteiger partial charge in [-0.1, -0.05) is 48.9 Å². The number of thiazole rings is 1. The minimum Gasteiger partial charge on any atom is -0.448 e. The number of anilines is 1. The summed E-state index contributed by atoms with van der Waals surface area (Å²) in [5.41, 5.74) is 5.17. The van der Waals surface area contributed by atoms with Crippen molar-refractivity contribution in [2.75, 3.05) is 5.32 Å². The van der Waals surface area contributed by atoms with Crippen molar-refractivity contribution in [3.63, 3.8) is 0 Å². The minimum absolute atomic E-state index is 0.204. The van der Waals surface area contributed by atoms with Gasteiger partial charge in [-0.15, -0.1) is 11.3 Å². The molecule has 0 radical (unpaired) electrons. The van der Waals surface area contributed by atoms with Gasteiger partial charge in [0.2, 0.25) is 0 Å². The zero-order valence-electron chi connectivity index (χ0n) is 17.0. The van der Waals surface area contributed by atoms with E-state index in [2.05, 4.69) is 17.2 Å². The molecule has 0 saturated heterocycles. The molecule has 0 fully saturated rings. The van der Waals surface area contributed by atoms with E-state index in [0.717, 1.165) is 28.1 Å². The maximum Gasteiger partial charge on any atom is 0.358 e. The van der Waals surface area contributed by atoms with Crippen LogP contribution in [0.4, 0.5) is 5.69 Å². The molecular weight excluding hydrogens is 384 g/mol. The number of ether oxygens (including phenoxy) is 1. The van der Waals surface area contributed by atoms with Gasteiger partial charge in [0.05, 0.1) is 0 Å². The van der Waals surface area contributed by atoms with Crippen LogP contribution in [0.5, 0.6) is 0 Å². The van der Waals surface area contributed by atoms with Crippen LogP contribution in [-0.4, -0.2) is 23.0 Å². The van der Waals surface area contributed by atoms with Crippen LogP contribution in [0.3, 0.4) is 0 Å². The summed E-state index contributed by atoms with van der Waals surface area (Å²) in [5, 5.41) is 5.20. The highest BCUT2D eigenvalue weighted by Crippen LogP contribution is 2.25. The van der Waals surface area contributed by atoms with Crippen LogP contribution >= 0.6 is 11.3 Å². The van der Waals surface area contributed by atoms with E-state index in [1.807, 2.05) is 56.3 Å². The van der Waals surface area contributed by atoms with E-state index in [4.69, 9.17) is 4.74 Å². The van der Waals surface area contributed by atoms with Gasteiger partial charge in [-0.3, -0.25) is 4.79 Å². The van der Waals surface area contributed by atoms with Gasteiger partial charge in [0, 0.05) is 16.6 Å². The van der Waals surface area contributed by atoms with Gasteiger partial charge < -0.3 is 10.1 Å². The Labute approximate surface area is 174 Å². The molecule has 0 unspecified atom stereocenters. The Morgan fingerprint density at radius 2 is 1.86 bits per heavy atom. The first-order valence-electron chi connectivity index (χ1n) is 9.51. The predicted molar refractivity (Wildman–Crippen MR) is 116 cm³/mol. The molecular formula is C23H24N2O3S. The number of rotatable bonds is 6. The molecule has 1 atom stereocenters. The highest BCUT2D eigenvalue weighted by atomic mass is 32.1. The molecule has 1 heterocycles. The van der Waals surface area contributed by atoms with Gasteiger partial charge in [0.1, 0.15) is 5.01 Å². The molecule has 29 heavy (non-hydrogen) atoms. The molecule has 0 saturated carbocycles. The number of aromatic nitrogens is 1. The van der Waals surface area contributed by atoms with Gasteiger partial charge in [0.15, 0.2) is 11.8 Å². The summed E-state index contributed by atoms with van der Waals surface area (Å²) in [4.78, 5) is 29.2. The quantitative estimate of drug-likeness (QED) is 0.571. The molecule has 1 amide bonds. The predicted octanol–water partition coefficient (Wildman–Crippen LogP) is 5.17. The van der Waals surface area contributed by atoms with E-state index in [0.29, 0.717) is 5.69 Å². The van der Waals surface area contributed by atoms with Gasteiger partial charge in [-0.25, -0.2) is 9.78 Å². The second-order valence-electron chi connectivity index (χ2n) is 6.94. The van der Waals surface area contributed by atoms with Gasteiger partial charge in [-0.2, -0.15) is 0 Å². The molecule has 2 aromatic carbocycles. The summed E-state index contributed by atoms with van der Waals surface area (Å²) in [7, 11) is 0. The van der Waals surface area contributed by atoms with E-state index in [1.165, 1.54) is 16.9 Å². The van der Waals surface area contributed by atoms with Crippen molar-refractivity contribution in [3.8, 4) is 10.6 Å². The van der Waals surface area contributed by atoms with E-state index in [9.17, 15) is 9.59 Å². The fraction of sp³-hybridized carbons (Fsp3) is 0.261. The molecule has 0 aliphatic heterocycles.